The molecular formula is C25H28ClF3N7O5S-. The monoisotopic (exact) mass is 630 g/mol. The zero-order valence-corrected chi connectivity index (χ0v) is 24.7. The summed E-state index contributed by atoms with van der Waals surface area (Å²) in [4.78, 5) is 17.6. The quantitative estimate of drug-likeness (QED) is 0.302. The number of nitrogen functional groups attached to an aromatic ring is 1. The number of nitrogens with two attached hydrogens (primary N) is 1. The fourth-order valence-electron chi connectivity index (χ4n) is 4.57. The average Bonchev–Trinajstić information content (AvgIpc) is 3.24. The Morgan fingerprint density at radius 1 is 1.26 bits per heavy atom. The Hall–Kier alpha value is -3.76. The zero-order valence-electron chi connectivity index (χ0n) is 23.1. The van der Waals surface area contributed by atoms with E-state index in [0.717, 1.165) is 10.4 Å². The van der Waals surface area contributed by atoms with Crippen molar-refractivity contribution in [3.05, 3.63) is 40.9 Å². The lowest BCUT2D eigenvalue weighted by Crippen LogP contribution is -2.70. The number of halogens is 4. The number of alkyl halides is 3. The van der Waals surface area contributed by atoms with Gasteiger partial charge in [-0.2, -0.15) is 18.2 Å². The first-order valence-corrected chi connectivity index (χ1v) is 13.7. The van der Waals surface area contributed by atoms with Crippen LogP contribution in [0.3, 0.4) is 0 Å². The molecule has 4 rings (SSSR count). The number of anilines is 4. The molecule has 1 aliphatic heterocycles. The van der Waals surface area contributed by atoms with Crippen LogP contribution in [-0.4, -0.2) is 66.3 Å². The van der Waals surface area contributed by atoms with Gasteiger partial charge in [0.05, 0.1) is 28.9 Å². The maximum Gasteiger partial charge on any atom is 0.417 e. The molecule has 1 aromatic heterocycles. The van der Waals surface area contributed by atoms with Crippen LogP contribution in [0.5, 0.6) is 5.75 Å². The number of aromatic amines is 1. The molecule has 2 aromatic carbocycles. The third-order valence-electron chi connectivity index (χ3n) is 6.19. The molecule has 1 fully saturated rings. The number of hydrogen-bond acceptors (Lipinski definition) is 9. The molecule has 1 amide bonds. The van der Waals surface area contributed by atoms with Crippen molar-refractivity contribution in [2.75, 3.05) is 35.6 Å². The number of H-pyrrole nitrogens is 1. The average molecular weight is 631 g/mol. The molecular weight excluding hydrogens is 603 g/mol. The van der Waals surface area contributed by atoms with Crippen LogP contribution in [0.4, 0.5) is 41.2 Å². The van der Waals surface area contributed by atoms with Gasteiger partial charge >= 0.3 is 12.3 Å². The van der Waals surface area contributed by atoms with E-state index in [1.54, 1.807) is 27.7 Å². The minimum Gasteiger partial charge on any atom is -0.755 e. The van der Waals surface area contributed by atoms with Gasteiger partial charge in [0.1, 0.15) is 11.4 Å². The number of aromatic nitrogens is 3. The van der Waals surface area contributed by atoms with Gasteiger partial charge in [-0.25, -0.2) is 9.89 Å². The highest BCUT2D eigenvalue weighted by Gasteiger charge is 2.49. The molecule has 3 aromatic rings. The first kappa shape index (κ1) is 31.2. The molecule has 4 N–H and O–H groups in total. The molecule has 1 aliphatic rings. The summed E-state index contributed by atoms with van der Waals surface area (Å²) < 4.78 is 79.8. The van der Waals surface area contributed by atoms with Crippen LogP contribution in [0, 0.1) is 0 Å². The van der Waals surface area contributed by atoms with Crippen LogP contribution >= 0.6 is 11.6 Å². The van der Waals surface area contributed by atoms with E-state index < -0.39 is 40.2 Å². The molecule has 12 nitrogen and oxygen atoms in total. The Morgan fingerprint density at radius 2 is 1.93 bits per heavy atom. The SMILES string of the molecule is COc1ccc(-c2c(Cl)cc(Nc3n[nH]c(N)n3)cc2C(F)(F)F)cc1N(S(=O)[O-])C1(C)CN(C(=O)OC(C)(C)C)C1. The number of carbonyl (C=O) groups is 1. The summed E-state index contributed by atoms with van der Waals surface area (Å²) in [6, 6.07) is 6.00. The summed E-state index contributed by atoms with van der Waals surface area (Å²) in [5.41, 5.74) is 1.94. The van der Waals surface area contributed by atoms with Crippen molar-refractivity contribution in [1.29, 1.82) is 0 Å². The fourth-order valence-corrected chi connectivity index (χ4v) is 5.68. The minimum absolute atomic E-state index is 0.0285. The second kappa shape index (κ2) is 11.1. The molecule has 0 bridgehead atoms. The molecule has 1 unspecified atom stereocenters. The number of carbonyl (C=O) groups excluding carboxylic acids is 1. The van der Waals surface area contributed by atoms with Crippen LogP contribution in [0.25, 0.3) is 11.1 Å². The number of nitrogens with one attached hydrogen (secondary N) is 2. The number of ether oxygens (including phenoxy) is 2. The normalized spacial score (nSPS) is 15.5. The van der Waals surface area contributed by atoms with E-state index in [2.05, 4.69) is 20.5 Å². The zero-order chi connectivity index (χ0) is 31.2. The van der Waals surface area contributed by atoms with Gasteiger partial charge in [0, 0.05) is 35.6 Å². The molecule has 228 valence electrons. The van der Waals surface area contributed by atoms with Crippen LogP contribution in [-0.2, 0) is 22.2 Å². The summed E-state index contributed by atoms with van der Waals surface area (Å²) in [6.07, 6.45) is -5.48. The van der Waals surface area contributed by atoms with Gasteiger partial charge < -0.3 is 30.0 Å². The van der Waals surface area contributed by atoms with E-state index in [1.807, 2.05) is 0 Å². The lowest BCUT2D eigenvalue weighted by Gasteiger charge is -2.54. The van der Waals surface area contributed by atoms with E-state index in [0.29, 0.717) is 0 Å². The third-order valence-corrected chi connectivity index (χ3v) is 7.43. The van der Waals surface area contributed by atoms with Crippen LogP contribution in [0.1, 0.15) is 33.3 Å². The molecule has 2 heterocycles. The Balaban J connectivity index is 1.76. The van der Waals surface area contributed by atoms with Crippen molar-refractivity contribution in [2.45, 2.75) is 45.0 Å². The van der Waals surface area contributed by atoms with Gasteiger partial charge in [-0.15, -0.1) is 5.10 Å². The first-order chi connectivity index (χ1) is 19.4. The Morgan fingerprint density at radius 3 is 2.45 bits per heavy atom. The molecule has 1 atom stereocenters. The topological polar surface area (TPSA) is 162 Å². The highest BCUT2D eigenvalue weighted by molar-refractivity contribution is 7.80. The Kier molecular flexibility index (Phi) is 8.28. The predicted molar refractivity (Wildman–Crippen MR) is 150 cm³/mol. The standard InChI is InChI=1S/C25H29ClF3N7O5S/c1-23(2,3)41-22(37)35-11-24(4,12-35)36(42(38)39)17-8-13(6-7-18(17)40-5)19-15(25(27,28)29)9-14(10-16(19)26)31-21-32-20(30)33-34-21/h6-10H,11-12H2,1-5H3,(H,38,39)(H4,30,31,32,33,34)/p-1. The molecule has 0 spiro atoms. The summed E-state index contributed by atoms with van der Waals surface area (Å²) in [6.45, 7) is 6.62. The molecule has 0 aliphatic carbocycles. The Labute approximate surface area is 246 Å². The number of likely N-dealkylation sites (tertiary alicyclic amines) is 1. The van der Waals surface area contributed by atoms with E-state index >= 15 is 0 Å². The second-order valence-corrected chi connectivity index (χ2v) is 12.0. The molecule has 42 heavy (non-hydrogen) atoms. The van der Waals surface area contributed by atoms with Crippen LogP contribution < -0.4 is 20.1 Å². The highest BCUT2D eigenvalue weighted by atomic mass is 35.5. The fraction of sp³-hybridized carbons (Fsp3) is 0.400. The number of nitrogens with zero attached hydrogens (tertiary/aromatic N) is 4. The van der Waals surface area contributed by atoms with Crippen LogP contribution in [0.15, 0.2) is 30.3 Å². The third kappa shape index (κ3) is 6.50. The molecule has 17 heteroatoms. The number of hydrogen-bond donors (Lipinski definition) is 3. The maximum absolute atomic E-state index is 14.3. The summed E-state index contributed by atoms with van der Waals surface area (Å²) in [7, 11) is 1.30. The van der Waals surface area contributed by atoms with Gasteiger partial charge in [0.2, 0.25) is 11.9 Å². The predicted octanol–water partition coefficient (Wildman–Crippen LogP) is 5.09. The summed E-state index contributed by atoms with van der Waals surface area (Å²) >= 11 is 3.50. The second-order valence-electron chi connectivity index (χ2n) is 10.8. The van der Waals surface area contributed by atoms with E-state index in [9.17, 15) is 26.7 Å². The van der Waals surface area contributed by atoms with E-state index in [1.165, 1.54) is 36.3 Å². The largest absolute Gasteiger partial charge is 0.755 e. The first-order valence-electron chi connectivity index (χ1n) is 12.3. The van der Waals surface area contributed by atoms with E-state index in [-0.39, 0.29) is 58.3 Å². The summed E-state index contributed by atoms with van der Waals surface area (Å²) in [5.74, 6) is -0.0410. The number of methoxy groups -OCH3 is 1. The van der Waals surface area contributed by atoms with Gasteiger partial charge in [-0.1, -0.05) is 17.7 Å². The van der Waals surface area contributed by atoms with Crippen LogP contribution in [0.2, 0.25) is 5.02 Å². The molecule has 0 saturated carbocycles. The smallest absolute Gasteiger partial charge is 0.417 e. The molecule has 0 radical (unpaired) electrons. The lowest BCUT2D eigenvalue weighted by molar-refractivity contribution is -0.137. The van der Waals surface area contributed by atoms with Gasteiger partial charge in [0.15, 0.2) is 0 Å². The maximum atomic E-state index is 14.3. The van der Waals surface area contributed by atoms with E-state index in [4.69, 9.17) is 26.8 Å². The number of benzene rings is 2. The van der Waals surface area contributed by atoms with Crippen molar-refractivity contribution in [3.8, 4) is 16.9 Å². The highest BCUT2D eigenvalue weighted by Crippen LogP contribution is 2.46. The lowest BCUT2D eigenvalue weighted by atomic mass is 9.91. The van der Waals surface area contributed by atoms with Crippen molar-refractivity contribution in [2.24, 2.45) is 0 Å². The van der Waals surface area contributed by atoms with Crippen molar-refractivity contribution < 1.29 is 36.2 Å². The van der Waals surface area contributed by atoms with Gasteiger partial charge in [-0.05, 0) is 57.5 Å². The summed E-state index contributed by atoms with van der Waals surface area (Å²) in [5, 5.41) is 8.44. The number of rotatable bonds is 7. The van der Waals surface area contributed by atoms with Gasteiger partial charge in [0.25, 0.3) is 0 Å². The van der Waals surface area contributed by atoms with Crippen molar-refractivity contribution in [3.63, 3.8) is 0 Å². The Bertz CT molecular complexity index is 1520. The molecule has 1 saturated heterocycles. The van der Waals surface area contributed by atoms with Crippen molar-refractivity contribution in [1.82, 2.24) is 20.1 Å². The van der Waals surface area contributed by atoms with Gasteiger partial charge in [-0.3, -0.25) is 8.51 Å². The number of amides is 1. The van der Waals surface area contributed by atoms with Crippen molar-refractivity contribution >= 4 is 52.2 Å². The minimum atomic E-state index is -4.86.